The molecule has 0 amide bonds. The van der Waals surface area contributed by atoms with Gasteiger partial charge in [-0.15, -0.1) is 5.10 Å². The van der Waals surface area contributed by atoms with Crippen molar-refractivity contribution in [3.05, 3.63) is 35.1 Å². The number of halogens is 1. The fraction of sp³-hybridized carbons (Fsp3) is 0.583. The Labute approximate surface area is 234 Å². The Hall–Kier alpha value is -2.38. The predicted octanol–water partition coefficient (Wildman–Crippen LogP) is 2.18. The third-order valence-electron chi connectivity index (χ3n) is 4.93. The number of rotatable bonds is 10. The number of nitrogens with zero attached hydrogens (tertiary/aromatic N) is 5. The molecule has 2 aromatic heterocycles. The van der Waals surface area contributed by atoms with Gasteiger partial charge >= 0.3 is 0 Å². The quantitative estimate of drug-likeness (QED) is 0.226. The summed E-state index contributed by atoms with van der Waals surface area (Å²) in [5, 5.41) is 40.9. The van der Waals surface area contributed by atoms with Gasteiger partial charge in [-0.25, -0.2) is 19.0 Å². The number of hydrogen-bond acceptors (Lipinski definition) is 10. The van der Waals surface area contributed by atoms with E-state index in [4.69, 9.17) is 21.9 Å². The molecule has 2 fully saturated rings. The van der Waals surface area contributed by atoms with Crippen molar-refractivity contribution >= 4 is 28.7 Å². The van der Waals surface area contributed by atoms with Gasteiger partial charge in [0.05, 0.1) is 37.6 Å². The number of aromatic nitrogens is 5. The summed E-state index contributed by atoms with van der Waals surface area (Å²) in [6.07, 6.45) is -19.5. The van der Waals surface area contributed by atoms with E-state index in [0.717, 1.165) is 6.92 Å². The molecule has 194 valence electrons. The maximum absolute atomic E-state index is 14.9. The Morgan fingerprint density at radius 2 is 2.19 bits per heavy atom. The number of aliphatic hydroxyl groups excluding tert-OH is 1. The molecule has 0 bridgehead atoms. The molecule has 12 heteroatoms. The Morgan fingerprint density at radius 1 is 1.36 bits per heavy atom. The highest BCUT2D eigenvalue weighted by molar-refractivity contribution is 7.99. The first kappa shape index (κ1) is 12.4. The summed E-state index contributed by atoms with van der Waals surface area (Å²) in [5.74, 6) is -4.52. The number of aliphatic hydroxyl groups is 3. The smallest absolute Gasteiger partial charge is 0.191 e. The van der Waals surface area contributed by atoms with E-state index >= 15 is 0 Å². The van der Waals surface area contributed by atoms with Crippen molar-refractivity contribution < 1.29 is 46.4 Å². The summed E-state index contributed by atoms with van der Waals surface area (Å²) in [6.45, 7) is -2.37. The Morgan fingerprint density at radius 3 is 2.97 bits per heavy atom. The summed E-state index contributed by atoms with van der Waals surface area (Å²) in [7, 11) is 0. The van der Waals surface area contributed by atoms with Crippen molar-refractivity contribution in [3.63, 3.8) is 0 Å². The van der Waals surface area contributed by atoms with E-state index < -0.39 is 119 Å². The monoisotopic (exact) mass is 534 g/mol. The second kappa shape index (κ2) is 10.5. The lowest BCUT2D eigenvalue weighted by molar-refractivity contribution is -0.0629. The van der Waals surface area contributed by atoms with Gasteiger partial charge in [-0.1, -0.05) is 36.0 Å². The highest BCUT2D eigenvalue weighted by atomic mass is 32.2. The second-order valence-electron chi connectivity index (χ2n) is 7.36. The van der Waals surface area contributed by atoms with Gasteiger partial charge in [0.25, 0.3) is 0 Å². The largest absolute Gasteiger partial charge is 0.394 e. The first-order valence-electron chi connectivity index (χ1n) is 18.5. The van der Waals surface area contributed by atoms with Gasteiger partial charge < -0.3 is 25.4 Å². The highest BCUT2D eigenvalue weighted by Gasteiger charge is 2.45. The zero-order valence-corrected chi connectivity index (χ0v) is 19.6. The van der Waals surface area contributed by atoms with Crippen molar-refractivity contribution in [1.29, 1.82) is 0 Å². The van der Waals surface area contributed by atoms with E-state index in [0.29, 0.717) is 11.8 Å². The lowest BCUT2D eigenvalue weighted by Gasteiger charge is -2.17. The van der Waals surface area contributed by atoms with Crippen LogP contribution in [0.15, 0.2) is 23.3 Å². The molecular formula is C24H31FN6O4S. The van der Waals surface area contributed by atoms with Crippen LogP contribution in [0.4, 0.5) is 10.2 Å². The number of anilines is 1. The molecule has 36 heavy (non-hydrogen) atoms. The van der Waals surface area contributed by atoms with Crippen LogP contribution in [0.3, 0.4) is 0 Å². The van der Waals surface area contributed by atoms with Crippen molar-refractivity contribution in [2.45, 2.75) is 74.4 Å². The van der Waals surface area contributed by atoms with Crippen LogP contribution in [0.25, 0.3) is 11.2 Å². The van der Waals surface area contributed by atoms with Crippen LogP contribution < -0.4 is 5.32 Å². The fourth-order valence-electron chi connectivity index (χ4n) is 3.16. The minimum Gasteiger partial charge on any atom is -0.394 e. The summed E-state index contributed by atoms with van der Waals surface area (Å²) in [6, 6.07) is -8.26. The SMILES string of the molecule is [2H]c1c([2H])c([C@@]2([2H])[C@H](Nc3nc(SC([2H])([2H])CC)nc4c3nnn4[C@]3([2H])C([2H])([2H])[C@]([2H])(OC([2H])([2H])CO)[C@@]([2H])(O)[C@@]3([2H])O)C2([2H])[2H])c([2H])c(F)c1C. The average Bonchev–Trinajstić information content (AvgIpc) is 3.28. The van der Waals surface area contributed by atoms with Crippen LogP contribution in [0.2, 0.25) is 0 Å². The van der Waals surface area contributed by atoms with Gasteiger partial charge in [-0.2, -0.15) is 0 Å². The molecule has 2 aliphatic rings. The zero-order valence-electron chi connectivity index (χ0n) is 34.8. The van der Waals surface area contributed by atoms with Crippen LogP contribution in [0.1, 0.15) is 71.1 Å². The van der Waals surface area contributed by atoms with Gasteiger partial charge in [0.15, 0.2) is 22.1 Å². The third-order valence-corrected chi connectivity index (χ3v) is 5.73. The Kier molecular flexibility index (Phi) is 3.64. The van der Waals surface area contributed by atoms with Gasteiger partial charge in [-0.05, 0) is 36.9 Å². The molecule has 2 saturated carbocycles. The maximum atomic E-state index is 14.9. The molecule has 6 atom stereocenters. The predicted molar refractivity (Wildman–Crippen MR) is 133 cm³/mol. The molecule has 0 unspecified atom stereocenters. The lowest BCUT2D eigenvalue weighted by atomic mass is 10.1. The second-order valence-corrected chi connectivity index (χ2v) is 8.21. The number of hydrogen-bond donors (Lipinski definition) is 4. The minimum atomic E-state index is -4.24. The van der Waals surface area contributed by atoms with E-state index in [2.05, 4.69) is 30.3 Å². The summed E-state index contributed by atoms with van der Waals surface area (Å²) in [5.41, 5.74) is -4.83. The fourth-order valence-corrected chi connectivity index (χ4v) is 3.70. The van der Waals surface area contributed by atoms with E-state index in [1.54, 1.807) is 0 Å². The zero-order chi connectivity index (χ0) is 39.8. The van der Waals surface area contributed by atoms with Crippen molar-refractivity contribution in [1.82, 2.24) is 25.0 Å². The van der Waals surface area contributed by atoms with E-state index in [1.807, 2.05) is 0 Å². The minimum absolute atomic E-state index is 0.0302. The van der Waals surface area contributed by atoms with Gasteiger partial charge in [0.1, 0.15) is 18.0 Å². The number of ether oxygens (including phenoxy) is 1. The maximum Gasteiger partial charge on any atom is 0.191 e. The molecule has 4 N–H and O–H groups in total. The first-order valence-corrected chi connectivity index (χ1v) is 11.3. The summed E-state index contributed by atoms with van der Waals surface area (Å²) < 4.78 is 154. The van der Waals surface area contributed by atoms with E-state index in [-0.39, 0.29) is 16.7 Å². The molecule has 3 aromatic rings. The van der Waals surface area contributed by atoms with Crippen molar-refractivity contribution in [2.75, 3.05) is 24.2 Å². The van der Waals surface area contributed by atoms with Crippen LogP contribution in [-0.4, -0.2) is 83.4 Å². The van der Waals surface area contributed by atoms with Gasteiger partial charge in [0, 0.05) is 33.6 Å². The Bertz CT molecular complexity index is 1950. The Balaban J connectivity index is 1.75. The number of benzene rings is 1. The summed E-state index contributed by atoms with van der Waals surface area (Å²) >= 11 is 0.330. The van der Waals surface area contributed by atoms with Crippen LogP contribution >= 0.6 is 11.8 Å². The molecule has 5 rings (SSSR count). The first-order chi connectivity index (χ1) is 23.4. The average molecular weight is 535 g/mol. The number of nitrogens with one attached hydrogen (secondary N) is 1. The molecule has 0 spiro atoms. The molecule has 0 aliphatic heterocycles. The van der Waals surface area contributed by atoms with Crippen LogP contribution in [0, 0.1) is 12.7 Å². The normalized spacial score (nSPS) is 47.9. The van der Waals surface area contributed by atoms with Crippen molar-refractivity contribution in [2.24, 2.45) is 0 Å². The molecule has 0 radical (unpaired) electrons. The van der Waals surface area contributed by atoms with Crippen LogP contribution in [-0.2, 0) is 4.74 Å². The summed E-state index contributed by atoms with van der Waals surface area (Å²) in [4.78, 5) is 8.18. The molecule has 2 aliphatic carbocycles. The molecule has 10 nitrogen and oxygen atoms in total. The topological polar surface area (TPSA) is 138 Å². The van der Waals surface area contributed by atoms with E-state index in [1.165, 1.54) is 6.92 Å². The lowest BCUT2D eigenvalue weighted by Crippen LogP contribution is -2.33. The molecule has 0 saturated heterocycles. The van der Waals surface area contributed by atoms with Crippen molar-refractivity contribution in [3.8, 4) is 0 Å². The third kappa shape index (κ3) is 4.92. The molecule has 1 aromatic carbocycles. The number of fused-ring (bicyclic) bond motifs is 1. The standard InChI is InChI=1S/C24H31FN6O4S/c1-3-8-36-24-27-22(26-16-10-14(16)13-5-4-12(2)15(25)9-13)19-23(28-24)31(30-29-19)17-11-18(35-7-6-32)21(34)20(17)33/h4-5,9,14,16-18,20-21,32-34H,3,6-8,10-11H2,1-2H3,(H,26,27,28)/t14-,16+,17+,18-,20-,21+/m0/s1/i4D,5D,7D2,8D2,9D,10D2,11D2,14D,17D,18D,20D,21D. The molecular weight excluding hydrogens is 487 g/mol. The molecule has 2 heterocycles. The number of thioether (sulfide) groups is 1. The van der Waals surface area contributed by atoms with Gasteiger partial charge in [-0.3, -0.25) is 0 Å². The highest BCUT2D eigenvalue weighted by Crippen LogP contribution is 2.44. The van der Waals surface area contributed by atoms with E-state index in [9.17, 15) is 19.7 Å². The van der Waals surface area contributed by atoms with Crippen LogP contribution in [0.5, 0.6) is 0 Å². The van der Waals surface area contributed by atoms with Gasteiger partial charge in [0.2, 0.25) is 0 Å².